The van der Waals surface area contributed by atoms with Crippen molar-refractivity contribution in [2.45, 2.75) is 6.92 Å². The second-order valence-electron chi connectivity index (χ2n) is 8.59. The highest BCUT2D eigenvalue weighted by molar-refractivity contribution is 6.08. The van der Waals surface area contributed by atoms with Crippen molar-refractivity contribution in [2.75, 3.05) is 23.5 Å². The zero-order chi connectivity index (χ0) is 26.6. The first-order valence-corrected chi connectivity index (χ1v) is 11.8. The summed E-state index contributed by atoms with van der Waals surface area (Å²) >= 11 is 0. The molecule has 9 nitrogen and oxygen atoms in total. The third-order valence-corrected chi connectivity index (χ3v) is 6.06. The number of methoxy groups -OCH3 is 1. The standard InChI is InChI=1S/C29H24N6O3/c1-17-3-4-19(14-23(17)18-5-7-24-21(13-18)16-32-29(30)35-24)28(37)34-25-15-20(6-8-26(25)38-2)27(36)33-22-9-11-31-12-10-22/h3-16H,1-2H3,(H,34,37)(H2,30,32,35)(H,31,33,36). The number of aryl methyl sites for hydroxylation is 1. The van der Waals surface area contributed by atoms with Crippen LogP contribution in [0, 0.1) is 6.92 Å². The van der Waals surface area contributed by atoms with Crippen LogP contribution < -0.4 is 21.1 Å². The van der Waals surface area contributed by atoms with E-state index in [1.54, 1.807) is 55.0 Å². The van der Waals surface area contributed by atoms with Crippen molar-refractivity contribution in [3.05, 3.63) is 102 Å². The molecule has 0 aliphatic carbocycles. The molecular formula is C29H24N6O3. The fraction of sp³-hybridized carbons (Fsp3) is 0.0690. The molecule has 0 aliphatic heterocycles. The normalized spacial score (nSPS) is 10.7. The van der Waals surface area contributed by atoms with Crippen molar-refractivity contribution in [2.24, 2.45) is 0 Å². The summed E-state index contributed by atoms with van der Waals surface area (Å²) < 4.78 is 5.42. The quantitative estimate of drug-likeness (QED) is 0.293. The Labute approximate surface area is 218 Å². The maximum atomic E-state index is 13.3. The minimum atomic E-state index is -0.340. The smallest absolute Gasteiger partial charge is 0.255 e. The molecule has 0 radical (unpaired) electrons. The predicted molar refractivity (Wildman–Crippen MR) is 147 cm³/mol. The van der Waals surface area contributed by atoms with Gasteiger partial charge in [0.2, 0.25) is 5.95 Å². The third-order valence-electron chi connectivity index (χ3n) is 6.06. The number of nitrogens with one attached hydrogen (secondary N) is 2. The van der Waals surface area contributed by atoms with Crippen molar-refractivity contribution in [1.82, 2.24) is 15.0 Å². The molecule has 0 fully saturated rings. The fourth-order valence-electron chi connectivity index (χ4n) is 4.07. The highest BCUT2D eigenvalue weighted by atomic mass is 16.5. The van der Waals surface area contributed by atoms with Gasteiger partial charge in [-0.05, 0) is 78.2 Å². The molecule has 2 heterocycles. The number of anilines is 3. The maximum absolute atomic E-state index is 13.3. The molecule has 0 saturated heterocycles. The van der Waals surface area contributed by atoms with E-state index >= 15 is 0 Å². The summed E-state index contributed by atoms with van der Waals surface area (Å²) in [5.74, 6) is -0.0171. The number of fused-ring (bicyclic) bond motifs is 1. The number of amides is 2. The van der Waals surface area contributed by atoms with Crippen molar-refractivity contribution in [1.29, 1.82) is 0 Å². The number of rotatable bonds is 6. The second kappa shape index (κ2) is 10.4. The van der Waals surface area contributed by atoms with Crippen LogP contribution in [-0.2, 0) is 0 Å². The molecule has 0 spiro atoms. The van der Waals surface area contributed by atoms with Gasteiger partial charge in [0.05, 0.1) is 18.3 Å². The van der Waals surface area contributed by atoms with Gasteiger partial charge in [-0.3, -0.25) is 14.6 Å². The lowest BCUT2D eigenvalue weighted by atomic mass is 9.97. The Balaban J connectivity index is 1.41. The molecule has 9 heteroatoms. The monoisotopic (exact) mass is 504 g/mol. The van der Waals surface area contributed by atoms with Crippen LogP contribution in [-0.4, -0.2) is 33.9 Å². The van der Waals surface area contributed by atoms with Gasteiger partial charge in [0.15, 0.2) is 0 Å². The summed E-state index contributed by atoms with van der Waals surface area (Å²) in [4.78, 5) is 38.3. The average molecular weight is 505 g/mol. The molecule has 4 N–H and O–H groups in total. The van der Waals surface area contributed by atoms with E-state index in [2.05, 4.69) is 25.6 Å². The van der Waals surface area contributed by atoms with Crippen molar-refractivity contribution in [3.63, 3.8) is 0 Å². The molecule has 5 rings (SSSR count). The molecule has 2 aromatic heterocycles. The zero-order valence-electron chi connectivity index (χ0n) is 20.7. The summed E-state index contributed by atoms with van der Waals surface area (Å²) in [6.45, 7) is 1.98. The first-order chi connectivity index (χ1) is 18.4. The van der Waals surface area contributed by atoms with Gasteiger partial charge in [-0.15, -0.1) is 0 Å². The molecule has 38 heavy (non-hydrogen) atoms. The van der Waals surface area contributed by atoms with Crippen LogP contribution in [0.25, 0.3) is 22.0 Å². The molecular weight excluding hydrogens is 480 g/mol. The highest BCUT2D eigenvalue weighted by Gasteiger charge is 2.15. The highest BCUT2D eigenvalue weighted by Crippen LogP contribution is 2.30. The molecule has 2 amide bonds. The van der Waals surface area contributed by atoms with Gasteiger partial charge < -0.3 is 21.1 Å². The second-order valence-corrected chi connectivity index (χ2v) is 8.59. The molecule has 0 atom stereocenters. The first kappa shape index (κ1) is 24.4. The van der Waals surface area contributed by atoms with Gasteiger partial charge >= 0.3 is 0 Å². The van der Waals surface area contributed by atoms with Crippen LogP contribution in [0.3, 0.4) is 0 Å². The number of carbonyl (C=O) groups excluding carboxylic acids is 2. The largest absolute Gasteiger partial charge is 0.495 e. The van der Waals surface area contributed by atoms with Gasteiger partial charge in [0, 0.05) is 40.8 Å². The van der Waals surface area contributed by atoms with Crippen molar-refractivity contribution in [3.8, 4) is 16.9 Å². The minimum Gasteiger partial charge on any atom is -0.495 e. The lowest BCUT2D eigenvalue weighted by Crippen LogP contribution is -2.15. The molecule has 188 valence electrons. The van der Waals surface area contributed by atoms with E-state index in [0.29, 0.717) is 28.3 Å². The van der Waals surface area contributed by atoms with E-state index in [1.165, 1.54) is 7.11 Å². The SMILES string of the molecule is COc1ccc(C(=O)Nc2ccncc2)cc1NC(=O)c1ccc(C)c(-c2ccc3nc(N)ncc3c2)c1. The number of hydrogen-bond donors (Lipinski definition) is 3. The average Bonchev–Trinajstić information content (AvgIpc) is 2.93. The van der Waals surface area contributed by atoms with Crippen LogP contribution >= 0.6 is 0 Å². The minimum absolute atomic E-state index is 0.217. The van der Waals surface area contributed by atoms with Gasteiger partial charge in [-0.1, -0.05) is 12.1 Å². The number of nitrogens with two attached hydrogens (primary N) is 1. The number of nitrogen functional groups attached to an aromatic ring is 1. The fourth-order valence-corrected chi connectivity index (χ4v) is 4.07. The van der Waals surface area contributed by atoms with E-state index in [0.717, 1.165) is 27.6 Å². The molecule has 3 aromatic carbocycles. The van der Waals surface area contributed by atoms with Gasteiger partial charge in [-0.2, -0.15) is 0 Å². The number of nitrogens with zero attached hydrogens (tertiary/aromatic N) is 3. The van der Waals surface area contributed by atoms with Crippen LogP contribution in [0.1, 0.15) is 26.3 Å². The van der Waals surface area contributed by atoms with Crippen molar-refractivity contribution >= 4 is 40.0 Å². The van der Waals surface area contributed by atoms with Crippen molar-refractivity contribution < 1.29 is 14.3 Å². The number of aromatic nitrogens is 3. The number of carbonyl (C=O) groups is 2. The number of ether oxygens (including phenoxy) is 1. The molecule has 0 bridgehead atoms. The Morgan fingerprint density at radius 1 is 0.868 bits per heavy atom. The van der Waals surface area contributed by atoms with E-state index in [4.69, 9.17) is 10.5 Å². The zero-order valence-corrected chi connectivity index (χ0v) is 20.7. The summed E-state index contributed by atoms with van der Waals surface area (Å²) in [7, 11) is 1.50. The van der Waals surface area contributed by atoms with Crippen LogP contribution in [0.2, 0.25) is 0 Å². The molecule has 0 aliphatic rings. The van der Waals surface area contributed by atoms with Gasteiger partial charge in [0.25, 0.3) is 11.8 Å². The van der Waals surface area contributed by atoms with Gasteiger partial charge in [0.1, 0.15) is 5.75 Å². The maximum Gasteiger partial charge on any atom is 0.255 e. The summed E-state index contributed by atoms with van der Waals surface area (Å²) in [5.41, 5.74) is 11.1. The molecule has 0 saturated carbocycles. The Bertz CT molecular complexity index is 1670. The van der Waals surface area contributed by atoms with Gasteiger partial charge in [-0.25, -0.2) is 9.97 Å². The number of pyridine rings is 1. The third kappa shape index (κ3) is 5.12. The topological polar surface area (TPSA) is 132 Å². The Morgan fingerprint density at radius 3 is 2.39 bits per heavy atom. The van der Waals surface area contributed by atoms with Crippen LogP contribution in [0.15, 0.2) is 85.3 Å². The van der Waals surface area contributed by atoms with E-state index in [1.807, 2.05) is 37.3 Å². The van der Waals surface area contributed by atoms with E-state index < -0.39 is 0 Å². The predicted octanol–water partition coefficient (Wildman–Crippen LogP) is 5.10. The Kier molecular flexibility index (Phi) is 6.65. The summed E-state index contributed by atoms with van der Waals surface area (Å²) in [5, 5.41) is 6.54. The number of benzene rings is 3. The van der Waals surface area contributed by atoms with Crippen LogP contribution in [0.5, 0.6) is 5.75 Å². The molecule has 5 aromatic rings. The first-order valence-electron chi connectivity index (χ1n) is 11.8. The summed E-state index contributed by atoms with van der Waals surface area (Å²) in [6.07, 6.45) is 4.86. The lowest BCUT2D eigenvalue weighted by Gasteiger charge is -2.14. The van der Waals surface area contributed by atoms with Crippen LogP contribution in [0.4, 0.5) is 17.3 Å². The molecule has 0 unspecified atom stereocenters. The Morgan fingerprint density at radius 2 is 1.61 bits per heavy atom. The number of hydrogen-bond acceptors (Lipinski definition) is 7. The van der Waals surface area contributed by atoms with E-state index in [-0.39, 0.29) is 17.8 Å². The van der Waals surface area contributed by atoms with E-state index in [9.17, 15) is 9.59 Å². The summed E-state index contributed by atoms with van der Waals surface area (Å²) in [6, 6.07) is 19.5. The Hall–Kier alpha value is -5.31. The lowest BCUT2D eigenvalue weighted by molar-refractivity contribution is 0.101.